The molecule has 15 heavy (non-hydrogen) atoms. The molecule has 0 radical (unpaired) electrons. The molecule has 0 aromatic heterocycles. The van der Waals surface area contributed by atoms with Crippen LogP contribution in [0.3, 0.4) is 0 Å². The second-order valence-corrected chi connectivity index (χ2v) is 3.58. The third-order valence-corrected chi connectivity index (χ3v) is 2.37. The molecular weight excluding hydrogens is 188 g/mol. The number of likely N-dealkylation sites (N-methyl/N-ethyl adjacent to an activating group) is 1. The van der Waals surface area contributed by atoms with Gasteiger partial charge in [-0.15, -0.1) is 0 Å². The van der Waals surface area contributed by atoms with Crippen LogP contribution in [-0.2, 0) is 6.42 Å². The first-order valence-corrected chi connectivity index (χ1v) is 4.91. The van der Waals surface area contributed by atoms with Gasteiger partial charge in [0.2, 0.25) is 0 Å². The van der Waals surface area contributed by atoms with E-state index in [0.29, 0.717) is 0 Å². The molecule has 0 atom stereocenters. The van der Waals surface area contributed by atoms with E-state index in [1.807, 2.05) is 19.1 Å². The Labute approximate surface area is 90.9 Å². The maximum atomic E-state index is 8.61. The Morgan fingerprint density at radius 2 is 2.20 bits per heavy atom. The first kappa shape index (κ1) is 11.4. The summed E-state index contributed by atoms with van der Waals surface area (Å²) < 4.78 is 5.18. The molecule has 80 valence electrons. The van der Waals surface area contributed by atoms with E-state index < -0.39 is 0 Å². The quantitative estimate of drug-likeness (QED) is 0.555. The van der Waals surface area contributed by atoms with Crippen LogP contribution < -0.4 is 4.74 Å². The van der Waals surface area contributed by atoms with Gasteiger partial charge in [0.05, 0.1) is 7.11 Å². The molecular formula is C12H16N2O. The fraction of sp³-hybridized carbons (Fsp3) is 0.417. The largest absolute Gasteiger partial charge is 0.496 e. The molecule has 0 aliphatic carbocycles. The van der Waals surface area contributed by atoms with Crippen molar-refractivity contribution in [1.82, 2.24) is 4.90 Å². The highest BCUT2D eigenvalue weighted by Gasteiger charge is 2.01. The van der Waals surface area contributed by atoms with E-state index in [9.17, 15) is 0 Å². The Morgan fingerprint density at radius 3 is 2.73 bits per heavy atom. The number of nitriles is 1. The Morgan fingerprint density at radius 1 is 1.47 bits per heavy atom. The number of nitrogens with zero attached hydrogens (tertiary/aromatic N) is 2. The molecule has 0 saturated carbocycles. The third kappa shape index (κ3) is 3.17. The summed E-state index contributed by atoms with van der Waals surface area (Å²) >= 11 is 0. The van der Waals surface area contributed by atoms with E-state index in [-0.39, 0.29) is 0 Å². The van der Waals surface area contributed by atoms with Gasteiger partial charge in [0.25, 0.3) is 0 Å². The van der Waals surface area contributed by atoms with Crippen molar-refractivity contribution >= 4 is 0 Å². The normalized spacial score (nSPS) is 9.47. The van der Waals surface area contributed by atoms with Gasteiger partial charge in [0.15, 0.2) is 6.19 Å². The second kappa shape index (κ2) is 5.26. The molecule has 0 amide bonds. The molecule has 3 nitrogen and oxygen atoms in total. The fourth-order valence-electron chi connectivity index (χ4n) is 1.44. The summed E-state index contributed by atoms with van der Waals surface area (Å²) in [5, 5.41) is 8.61. The van der Waals surface area contributed by atoms with Crippen LogP contribution in [0.1, 0.15) is 11.1 Å². The first-order valence-electron chi connectivity index (χ1n) is 4.91. The molecule has 1 rings (SSSR count). The molecule has 0 spiro atoms. The number of rotatable bonds is 4. The fourth-order valence-corrected chi connectivity index (χ4v) is 1.44. The monoisotopic (exact) mass is 204 g/mol. The minimum atomic E-state index is 0.752. The number of aryl methyl sites for hydroxylation is 1. The van der Waals surface area contributed by atoms with Crippen LogP contribution in [0.25, 0.3) is 0 Å². The Bertz CT molecular complexity index is 368. The molecule has 1 aromatic rings. The van der Waals surface area contributed by atoms with Crippen molar-refractivity contribution in [2.24, 2.45) is 0 Å². The summed E-state index contributed by atoms with van der Waals surface area (Å²) in [6.07, 6.45) is 2.96. The predicted molar refractivity (Wildman–Crippen MR) is 59.7 cm³/mol. The molecule has 0 unspecified atom stereocenters. The van der Waals surface area contributed by atoms with Gasteiger partial charge in [-0.1, -0.05) is 12.1 Å². The van der Waals surface area contributed by atoms with Crippen LogP contribution in [0.15, 0.2) is 18.2 Å². The lowest BCUT2D eigenvalue weighted by Crippen LogP contribution is -2.14. The summed E-state index contributed by atoms with van der Waals surface area (Å²) in [4.78, 5) is 1.62. The topological polar surface area (TPSA) is 36.3 Å². The lowest BCUT2D eigenvalue weighted by atomic mass is 10.1. The maximum Gasteiger partial charge on any atom is 0.179 e. The second-order valence-electron chi connectivity index (χ2n) is 3.58. The van der Waals surface area contributed by atoms with Crippen LogP contribution in [0.5, 0.6) is 5.75 Å². The van der Waals surface area contributed by atoms with Crippen molar-refractivity contribution in [3.63, 3.8) is 0 Å². The zero-order chi connectivity index (χ0) is 11.3. The Balaban J connectivity index is 2.64. The van der Waals surface area contributed by atoms with Gasteiger partial charge in [0, 0.05) is 13.6 Å². The van der Waals surface area contributed by atoms with Gasteiger partial charge in [-0.3, -0.25) is 0 Å². The zero-order valence-corrected chi connectivity index (χ0v) is 9.45. The lowest BCUT2D eigenvalue weighted by Gasteiger charge is -2.10. The predicted octanol–water partition coefficient (Wildman–Crippen LogP) is 1.96. The molecule has 0 saturated heterocycles. The number of ether oxygens (including phenoxy) is 1. The maximum absolute atomic E-state index is 8.61. The molecule has 0 bridgehead atoms. The Kier molecular flexibility index (Phi) is 3.99. The molecule has 0 N–H and O–H groups in total. The SMILES string of the molecule is COc1ccc(CCN(C)C#N)cc1C. The van der Waals surface area contributed by atoms with Crippen molar-refractivity contribution in [2.75, 3.05) is 20.7 Å². The highest BCUT2D eigenvalue weighted by molar-refractivity contribution is 5.36. The summed E-state index contributed by atoms with van der Waals surface area (Å²) in [5.41, 5.74) is 2.37. The molecule has 0 aliphatic rings. The van der Waals surface area contributed by atoms with Crippen molar-refractivity contribution in [3.05, 3.63) is 29.3 Å². The van der Waals surface area contributed by atoms with Crippen molar-refractivity contribution < 1.29 is 4.74 Å². The molecule has 0 fully saturated rings. The third-order valence-electron chi connectivity index (χ3n) is 2.37. The van der Waals surface area contributed by atoms with Crippen molar-refractivity contribution in [3.8, 4) is 11.9 Å². The van der Waals surface area contributed by atoms with E-state index >= 15 is 0 Å². The summed E-state index contributed by atoms with van der Waals surface area (Å²) in [5.74, 6) is 0.910. The lowest BCUT2D eigenvalue weighted by molar-refractivity contribution is 0.411. The number of methoxy groups -OCH3 is 1. The van der Waals surface area contributed by atoms with Gasteiger partial charge in [-0.2, -0.15) is 5.26 Å². The van der Waals surface area contributed by atoms with E-state index in [2.05, 4.69) is 12.3 Å². The molecule has 0 heterocycles. The van der Waals surface area contributed by atoms with Crippen LogP contribution in [0.2, 0.25) is 0 Å². The van der Waals surface area contributed by atoms with Crippen molar-refractivity contribution in [2.45, 2.75) is 13.3 Å². The average molecular weight is 204 g/mol. The Hall–Kier alpha value is -1.69. The van der Waals surface area contributed by atoms with Crippen LogP contribution >= 0.6 is 0 Å². The van der Waals surface area contributed by atoms with Gasteiger partial charge in [-0.25, -0.2) is 0 Å². The van der Waals surface area contributed by atoms with E-state index in [4.69, 9.17) is 10.00 Å². The van der Waals surface area contributed by atoms with E-state index in [0.717, 1.165) is 24.3 Å². The average Bonchev–Trinajstić information content (AvgIpc) is 2.26. The van der Waals surface area contributed by atoms with Gasteiger partial charge in [0.1, 0.15) is 5.75 Å². The van der Waals surface area contributed by atoms with Crippen LogP contribution in [-0.4, -0.2) is 25.6 Å². The minimum Gasteiger partial charge on any atom is -0.496 e. The van der Waals surface area contributed by atoms with Crippen LogP contribution in [0, 0.1) is 18.4 Å². The molecule has 0 aliphatic heterocycles. The number of hydrogen-bond acceptors (Lipinski definition) is 3. The van der Waals surface area contributed by atoms with Gasteiger partial charge in [-0.05, 0) is 30.5 Å². The van der Waals surface area contributed by atoms with Crippen LogP contribution in [0.4, 0.5) is 0 Å². The van der Waals surface area contributed by atoms with Gasteiger partial charge >= 0.3 is 0 Å². The van der Waals surface area contributed by atoms with Crippen molar-refractivity contribution in [1.29, 1.82) is 5.26 Å². The highest BCUT2D eigenvalue weighted by Crippen LogP contribution is 2.18. The zero-order valence-electron chi connectivity index (χ0n) is 9.45. The smallest absolute Gasteiger partial charge is 0.179 e. The number of benzene rings is 1. The molecule has 3 heteroatoms. The van der Waals surface area contributed by atoms with E-state index in [1.54, 1.807) is 19.1 Å². The summed E-state index contributed by atoms with van der Waals surface area (Å²) in [7, 11) is 3.46. The van der Waals surface area contributed by atoms with E-state index in [1.165, 1.54) is 5.56 Å². The number of hydrogen-bond donors (Lipinski definition) is 0. The minimum absolute atomic E-state index is 0.752. The highest BCUT2D eigenvalue weighted by atomic mass is 16.5. The molecule has 1 aromatic carbocycles. The summed E-state index contributed by atoms with van der Waals surface area (Å²) in [6, 6.07) is 6.11. The first-order chi connectivity index (χ1) is 7.17. The summed E-state index contributed by atoms with van der Waals surface area (Å²) in [6.45, 7) is 2.78. The van der Waals surface area contributed by atoms with Gasteiger partial charge < -0.3 is 9.64 Å². The standard InChI is InChI=1S/C12H16N2O/c1-10-8-11(4-5-12(10)15-3)6-7-14(2)9-13/h4-5,8H,6-7H2,1-3H3.